The molecule has 2 N–H and O–H groups in total. The number of nitrogens with two attached hydrogens (primary N) is 1. The van der Waals surface area contributed by atoms with Crippen LogP contribution in [0.15, 0.2) is 6.07 Å². The first-order valence-corrected chi connectivity index (χ1v) is 5.61. The fraction of sp³-hybridized carbons (Fsp3) is 0.500. The molecule has 1 amide bonds. The Balaban J connectivity index is 2.49. The summed E-state index contributed by atoms with van der Waals surface area (Å²) in [7, 11) is 0. The van der Waals surface area contributed by atoms with Gasteiger partial charge >= 0.3 is 0 Å². The predicted molar refractivity (Wildman–Crippen MR) is 63.4 cm³/mol. The number of hydrogen-bond acceptors (Lipinski definition) is 3. The van der Waals surface area contributed by atoms with Crippen molar-refractivity contribution >= 4 is 11.7 Å². The Kier molecular flexibility index (Phi) is 2.92. The maximum absolute atomic E-state index is 11.8. The molecule has 0 aliphatic carbocycles. The van der Waals surface area contributed by atoms with E-state index in [1.807, 2.05) is 6.92 Å². The van der Waals surface area contributed by atoms with Crippen molar-refractivity contribution in [2.75, 3.05) is 18.0 Å². The molecular weight excluding hydrogens is 202 g/mol. The Morgan fingerprint density at radius 1 is 1.44 bits per heavy atom. The third-order valence-corrected chi connectivity index (χ3v) is 2.95. The summed E-state index contributed by atoms with van der Waals surface area (Å²) in [6, 6.07) is 2.06. The third-order valence-electron chi connectivity index (χ3n) is 2.95. The summed E-state index contributed by atoms with van der Waals surface area (Å²) in [5, 5.41) is 0. The highest BCUT2D eigenvalue weighted by Gasteiger charge is 2.26. The van der Waals surface area contributed by atoms with Gasteiger partial charge in [0.2, 0.25) is 5.91 Å². The lowest BCUT2D eigenvalue weighted by Crippen LogP contribution is -2.39. The number of hydrogen-bond donors (Lipinski definition) is 1. The molecule has 2 heterocycles. The second kappa shape index (κ2) is 4.22. The summed E-state index contributed by atoms with van der Waals surface area (Å²) >= 11 is 0. The fourth-order valence-electron chi connectivity index (χ4n) is 2.22. The summed E-state index contributed by atoms with van der Waals surface area (Å²) in [6.07, 6.45) is 1.37. The van der Waals surface area contributed by atoms with Crippen molar-refractivity contribution in [1.82, 2.24) is 4.98 Å². The van der Waals surface area contributed by atoms with Gasteiger partial charge in [-0.15, -0.1) is 0 Å². The lowest BCUT2D eigenvalue weighted by atomic mass is 9.99. The molecule has 0 radical (unpaired) electrons. The Labute approximate surface area is 95.5 Å². The van der Waals surface area contributed by atoms with Crippen molar-refractivity contribution in [3.05, 3.63) is 22.9 Å². The highest BCUT2D eigenvalue weighted by molar-refractivity contribution is 5.95. The molecule has 1 aromatic rings. The molecule has 0 atom stereocenters. The van der Waals surface area contributed by atoms with Crippen molar-refractivity contribution < 1.29 is 4.79 Å². The number of carbonyl (C=O) groups excluding carboxylic acids is 1. The van der Waals surface area contributed by atoms with Crippen LogP contribution in [0.3, 0.4) is 0 Å². The average Bonchev–Trinajstić information content (AvgIpc) is 2.22. The van der Waals surface area contributed by atoms with Gasteiger partial charge in [0.05, 0.1) is 0 Å². The zero-order valence-electron chi connectivity index (χ0n) is 9.79. The first-order chi connectivity index (χ1) is 7.63. The van der Waals surface area contributed by atoms with E-state index in [2.05, 4.69) is 18.0 Å². The smallest absolute Gasteiger partial charge is 0.228 e. The molecule has 2 rings (SSSR count). The van der Waals surface area contributed by atoms with Crippen molar-refractivity contribution in [2.24, 2.45) is 5.73 Å². The zero-order chi connectivity index (χ0) is 11.7. The standard InChI is InChI=1S/C12H17N3O/c1-8-7-9(2)14-12-10(8)3-4-11(16)15(12)6-5-13/h7H,3-6,13H2,1-2H3. The molecule has 0 unspecified atom stereocenters. The van der Waals surface area contributed by atoms with Gasteiger partial charge in [-0.1, -0.05) is 0 Å². The van der Waals surface area contributed by atoms with E-state index >= 15 is 0 Å². The zero-order valence-corrected chi connectivity index (χ0v) is 9.79. The van der Waals surface area contributed by atoms with Crippen LogP contribution in [0.5, 0.6) is 0 Å². The molecule has 0 aromatic carbocycles. The van der Waals surface area contributed by atoms with Gasteiger partial charge in [-0.25, -0.2) is 4.98 Å². The molecule has 0 spiro atoms. The topological polar surface area (TPSA) is 59.2 Å². The highest BCUT2D eigenvalue weighted by Crippen LogP contribution is 2.28. The number of fused-ring (bicyclic) bond motifs is 1. The number of rotatable bonds is 2. The maximum atomic E-state index is 11.8. The number of pyridine rings is 1. The summed E-state index contributed by atoms with van der Waals surface area (Å²) < 4.78 is 0. The quantitative estimate of drug-likeness (QED) is 0.805. The van der Waals surface area contributed by atoms with Crippen LogP contribution < -0.4 is 10.6 Å². The van der Waals surface area contributed by atoms with E-state index in [4.69, 9.17) is 5.73 Å². The van der Waals surface area contributed by atoms with E-state index in [-0.39, 0.29) is 5.91 Å². The molecule has 1 aliphatic heterocycles. The highest BCUT2D eigenvalue weighted by atomic mass is 16.2. The molecule has 1 aliphatic rings. The van der Waals surface area contributed by atoms with E-state index in [1.54, 1.807) is 4.90 Å². The van der Waals surface area contributed by atoms with Gasteiger partial charge < -0.3 is 5.73 Å². The van der Waals surface area contributed by atoms with E-state index < -0.39 is 0 Å². The van der Waals surface area contributed by atoms with Gasteiger partial charge in [0, 0.05) is 25.2 Å². The van der Waals surface area contributed by atoms with Crippen LogP contribution in [0.1, 0.15) is 23.2 Å². The molecule has 0 saturated carbocycles. The number of amides is 1. The molecular formula is C12H17N3O. The normalized spacial score (nSPS) is 15.2. The Morgan fingerprint density at radius 2 is 2.19 bits per heavy atom. The lowest BCUT2D eigenvalue weighted by molar-refractivity contribution is -0.118. The third kappa shape index (κ3) is 1.80. The predicted octanol–water partition coefficient (Wildman–Crippen LogP) is 0.936. The average molecular weight is 219 g/mol. The van der Waals surface area contributed by atoms with Gasteiger partial charge in [0.15, 0.2) is 0 Å². The Morgan fingerprint density at radius 3 is 2.88 bits per heavy atom. The molecule has 86 valence electrons. The van der Waals surface area contributed by atoms with E-state index in [1.165, 1.54) is 11.1 Å². The number of nitrogens with zero attached hydrogens (tertiary/aromatic N) is 2. The molecule has 4 nitrogen and oxygen atoms in total. The van der Waals surface area contributed by atoms with Crippen molar-refractivity contribution in [1.29, 1.82) is 0 Å². The van der Waals surface area contributed by atoms with Gasteiger partial charge in [0.25, 0.3) is 0 Å². The number of anilines is 1. The molecule has 16 heavy (non-hydrogen) atoms. The van der Waals surface area contributed by atoms with Crippen LogP contribution in [0.25, 0.3) is 0 Å². The van der Waals surface area contributed by atoms with E-state index in [0.29, 0.717) is 19.5 Å². The second-order valence-electron chi connectivity index (χ2n) is 4.22. The first kappa shape index (κ1) is 11.1. The summed E-state index contributed by atoms with van der Waals surface area (Å²) in [5.74, 6) is 0.953. The van der Waals surface area contributed by atoms with Crippen LogP contribution in [-0.2, 0) is 11.2 Å². The van der Waals surface area contributed by atoms with Crippen LogP contribution in [-0.4, -0.2) is 24.0 Å². The summed E-state index contributed by atoms with van der Waals surface area (Å²) in [6.45, 7) is 5.05. The Bertz CT molecular complexity index is 429. The van der Waals surface area contributed by atoms with Crippen LogP contribution in [0, 0.1) is 13.8 Å². The summed E-state index contributed by atoms with van der Waals surface area (Å²) in [4.78, 5) is 18.0. The van der Waals surface area contributed by atoms with Gasteiger partial charge in [-0.2, -0.15) is 0 Å². The maximum Gasteiger partial charge on any atom is 0.228 e. The van der Waals surface area contributed by atoms with Crippen LogP contribution in [0.4, 0.5) is 5.82 Å². The molecule has 1 aromatic heterocycles. The number of aryl methyl sites for hydroxylation is 2. The van der Waals surface area contributed by atoms with Crippen molar-refractivity contribution in [2.45, 2.75) is 26.7 Å². The minimum atomic E-state index is 0.135. The van der Waals surface area contributed by atoms with Gasteiger partial charge in [-0.3, -0.25) is 9.69 Å². The van der Waals surface area contributed by atoms with Crippen molar-refractivity contribution in [3.8, 4) is 0 Å². The molecule has 0 bridgehead atoms. The molecule has 4 heteroatoms. The Hall–Kier alpha value is -1.42. The fourth-order valence-corrected chi connectivity index (χ4v) is 2.22. The largest absolute Gasteiger partial charge is 0.329 e. The molecule has 0 fully saturated rings. The van der Waals surface area contributed by atoms with Gasteiger partial charge in [0.1, 0.15) is 5.82 Å². The SMILES string of the molecule is Cc1cc(C)c2c(n1)N(CCN)C(=O)CC2. The first-order valence-electron chi connectivity index (χ1n) is 5.61. The van der Waals surface area contributed by atoms with E-state index in [0.717, 1.165) is 17.9 Å². The molecule has 0 saturated heterocycles. The second-order valence-corrected chi connectivity index (χ2v) is 4.22. The van der Waals surface area contributed by atoms with Crippen LogP contribution >= 0.6 is 0 Å². The van der Waals surface area contributed by atoms with Crippen LogP contribution in [0.2, 0.25) is 0 Å². The number of carbonyl (C=O) groups is 1. The minimum Gasteiger partial charge on any atom is -0.329 e. The van der Waals surface area contributed by atoms with E-state index in [9.17, 15) is 4.79 Å². The lowest BCUT2D eigenvalue weighted by Gasteiger charge is -2.29. The number of aromatic nitrogens is 1. The van der Waals surface area contributed by atoms with Crippen molar-refractivity contribution in [3.63, 3.8) is 0 Å². The minimum absolute atomic E-state index is 0.135. The summed E-state index contributed by atoms with van der Waals surface area (Å²) in [5.41, 5.74) is 8.90. The monoisotopic (exact) mass is 219 g/mol. The van der Waals surface area contributed by atoms with Gasteiger partial charge in [-0.05, 0) is 37.5 Å².